The van der Waals surface area contributed by atoms with Gasteiger partial charge < -0.3 is 11.1 Å². The number of nitrogens with zero attached hydrogens (tertiary/aromatic N) is 1. The maximum Gasteiger partial charge on any atom is 0.243 e. The van der Waals surface area contributed by atoms with E-state index >= 15 is 0 Å². The molecular formula is C20H22ClN3O4S. The van der Waals surface area contributed by atoms with E-state index in [0.717, 1.165) is 5.56 Å². The number of carbonyl (C=O) groups is 2. The van der Waals surface area contributed by atoms with E-state index in [-0.39, 0.29) is 23.8 Å². The highest BCUT2D eigenvalue weighted by atomic mass is 35.5. The first kappa shape index (κ1) is 21.3. The smallest absolute Gasteiger partial charge is 0.243 e. The minimum absolute atomic E-state index is 0.122. The molecule has 9 heteroatoms. The molecule has 0 aliphatic carbocycles. The summed E-state index contributed by atoms with van der Waals surface area (Å²) < 4.78 is 27.1. The maximum absolute atomic E-state index is 12.9. The number of rotatable bonds is 6. The fraction of sp³-hybridized carbons (Fsp3) is 0.300. The van der Waals surface area contributed by atoms with E-state index in [0.29, 0.717) is 30.1 Å². The first-order valence-corrected chi connectivity index (χ1v) is 11.0. The number of amides is 2. The van der Waals surface area contributed by atoms with Crippen molar-refractivity contribution in [1.82, 2.24) is 4.31 Å². The third kappa shape index (κ3) is 5.35. The Labute approximate surface area is 174 Å². The second kappa shape index (κ2) is 8.94. The molecule has 2 amide bonds. The third-order valence-electron chi connectivity index (χ3n) is 4.81. The summed E-state index contributed by atoms with van der Waals surface area (Å²) in [4.78, 5) is 23.8. The SMILES string of the molecule is NC(=O)Cc1ccc(NC(=O)[C@H]2CCCN(S(=O)(=O)c3ccc(Cl)cc3)C2)cc1. The number of hydrogen-bond donors (Lipinski definition) is 2. The van der Waals surface area contributed by atoms with Gasteiger partial charge in [0.15, 0.2) is 0 Å². The van der Waals surface area contributed by atoms with Crippen LogP contribution >= 0.6 is 11.6 Å². The molecule has 3 N–H and O–H groups in total. The van der Waals surface area contributed by atoms with Crippen LogP contribution in [0.2, 0.25) is 5.02 Å². The van der Waals surface area contributed by atoms with E-state index in [9.17, 15) is 18.0 Å². The average Bonchev–Trinajstić information content (AvgIpc) is 2.69. The van der Waals surface area contributed by atoms with Crippen molar-refractivity contribution in [3.05, 3.63) is 59.1 Å². The summed E-state index contributed by atoms with van der Waals surface area (Å²) in [6, 6.07) is 12.8. The van der Waals surface area contributed by atoms with Gasteiger partial charge in [0.2, 0.25) is 21.8 Å². The molecule has 1 saturated heterocycles. The average molecular weight is 436 g/mol. The first-order valence-electron chi connectivity index (χ1n) is 9.19. The van der Waals surface area contributed by atoms with E-state index < -0.39 is 21.8 Å². The fourth-order valence-electron chi connectivity index (χ4n) is 3.28. The van der Waals surface area contributed by atoms with Gasteiger partial charge in [-0.15, -0.1) is 0 Å². The van der Waals surface area contributed by atoms with Crippen LogP contribution in [-0.4, -0.2) is 37.6 Å². The summed E-state index contributed by atoms with van der Waals surface area (Å²) in [5, 5.41) is 3.28. The number of carbonyl (C=O) groups excluding carboxylic acids is 2. The van der Waals surface area contributed by atoms with E-state index in [2.05, 4.69) is 5.32 Å². The summed E-state index contributed by atoms with van der Waals surface area (Å²) >= 11 is 5.84. The Morgan fingerprint density at radius 1 is 1.10 bits per heavy atom. The molecular weight excluding hydrogens is 414 g/mol. The van der Waals surface area contributed by atoms with Crippen molar-refractivity contribution in [2.45, 2.75) is 24.2 Å². The summed E-state index contributed by atoms with van der Waals surface area (Å²) in [5.74, 6) is -1.11. The predicted octanol–water partition coefficient (Wildman–Crippen LogP) is 2.41. The van der Waals surface area contributed by atoms with Crippen molar-refractivity contribution in [2.75, 3.05) is 18.4 Å². The van der Waals surface area contributed by atoms with Gasteiger partial charge in [-0.05, 0) is 54.8 Å². The van der Waals surface area contributed by atoms with Crippen LogP contribution in [0.25, 0.3) is 0 Å². The molecule has 0 bridgehead atoms. The van der Waals surface area contributed by atoms with Gasteiger partial charge in [-0.3, -0.25) is 9.59 Å². The molecule has 29 heavy (non-hydrogen) atoms. The summed E-state index contributed by atoms with van der Waals surface area (Å²) in [5.41, 5.74) is 6.51. The standard InChI is InChI=1S/C20H22ClN3O4S/c21-16-5-9-18(10-6-16)29(27,28)24-11-1-2-15(13-24)20(26)23-17-7-3-14(4-8-17)12-19(22)25/h3-10,15H,1-2,11-13H2,(H2,22,25)(H,23,26)/t15-/m0/s1. The molecule has 2 aromatic carbocycles. The van der Waals surface area contributed by atoms with Crippen LogP contribution in [0.3, 0.4) is 0 Å². The van der Waals surface area contributed by atoms with Crippen LogP contribution in [0, 0.1) is 5.92 Å². The van der Waals surface area contributed by atoms with Crippen LogP contribution < -0.4 is 11.1 Å². The van der Waals surface area contributed by atoms with Crippen molar-refractivity contribution < 1.29 is 18.0 Å². The van der Waals surface area contributed by atoms with Gasteiger partial charge in [0, 0.05) is 23.8 Å². The minimum Gasteiger partial charge on any atom is -0.369 e. The molecule has 0 spiro atoms. The minimum atomic E-state index is -3.68. The topological polar surface area (TPSA) is 110 Å². The van der Waals surface area contributed by atoms with Crippen LogP contribution in [0.5, 0.6) is 0 Å². The number of anilines is 1. The lowest BCUT2D eigenvalue weighted by Crippen LogP contribution is -2.43. The molecule has 1 atom stereocenters. The Hall–Kier alpha value is -2.42. The number of nitrogens with one attached hydrogen (secondary N) is 1. The summed E-state index contributed by atoms with van der Waals surface area (Å²) in [7, 11) is -3.68. The fourth-order valence-corrected chi connectivity index (χ4v) is 4.93. The molecule has 0 unspecified atom stereocenters. The molecule has 0 saturated carbocycles. The molecule has 0 aromatic heterocycles. The van der Waals surface area contributed by atoms with Gasteiger partial charge in [-0.2, -0.15) is 4.31 Å². The highest BCUT2D eigenvalue weighted by Gasteiger charge is 2.33. The van der Waals surface area contributed by atoms with Crippen LogP contribution in [0.1, 0.15) is 18.4 Å². The normalized spacial score (nSPS) is 17.6. The zero-order chi connectivity index (χ0) is 21.0. The molecule has 154 valence electrons. The molecule has 7 nitrogen and oxygen atoms in total. The number of halogens is 1. The van der Waals surface area contributed by atoms with E-state index in [1.165, 1.54) is 28.6 Å². The van der Waals surface area contributed by atoms with Gasteiger partial charge in [0.1, 0.15) is 0 Å². The Morgan fingerprint density at radius 2 is 1.76 bits per heavy atom. The summed E-state index contributed by atoms with van der Waals surface area (Å²) in [6.45, 7) is 0.493. The Bertz CT molecular complexity index is 991. The number of nitrogens with two attached hydrogens (primary N) is 1. The van der Waals surface area contributed by atoms with E-state index in [4.69, 9.17) is 17.3 Å². The van der Waals surface area contributed by atoms with Gasteiger partial charge in [0.05, 0.1) is 17.2 Å². The van der Waals surface area contributed by atoms with Crippen molar-refractivity contribution in [3.63, 3.8) is 0 Å². The van der Waals surface area contributed by atoms with Crippen molar-refractivity contribution in [1.29, 1.82) is 0 Å². The lowest BCUT2D eigenvalue weighted by atomic mass is 9.98. The van der Waals surface area contributed by atoms with Crippen LogP contribution in [0.4, 0.5) is 5.69 Å². The van der Waals surface area contributed by atoms with Gasteiger partial charge in [-0.1, -0.05) is 23.7 Å². The second-order valence-corrected chi connectivity index (χ2v) is 9.36. The number of piperidine rings is 1. The first-order chi connectivity index (χ1) is 13.8. The van der Waals surface area contributed by atoms with E-state index in [1.54, 1.807) is 24.3 Å². The highest BCUT2D eigenvalue weighted by Crippen LogP contribution is 2.25. The molecule has 1 heterocycles. The quantitative estimate of drug-likeness (QED) is 0.725. The van der Waals surface area contributed by atoms with E-state index in [1.807, 2.05) is 0 Å². The highest BCUT2D eigenvalue weighted by molar-refractivity contribution is 7.89. The Morgan fingerprint density at radius 3 is 2.38 bits per heavy atom. The maximum atomic E-state index is 12.9. The molecule has 2 aromatic rings. The van der Waals surface area contributed by atoms with Crippen molar-refractivity contribution in [2.24, 2.45) is 11.7 Å². The summed E-state index contributed by atoms with van der Waals surface area (Å²) in [6.07, 6.45) is 1.34. The number of hydrogen-bond acceptors (Lipinski definition) is 4. The zero-order valence-electron chi connectivity index (χ0n) is 15.7. The van der Waals surface area contributed by atoms with Crippen LogP contribution in [-0.2, 0) is 26.0 Å². The third-order valence-corrected chi connectivity index (χ3v) is 6.94. The van der Waals surface area contributed by atoms with Crippen LogP contribution in [0.15, 0.2) is 53.4 Å². The molecule has 3 rings (SSSR count). The zero-order valence-corrected chi connectivity index (χ0v) is 17.2. The Balaban J connectivity index is 1.66. The number of benzene rings is 2. The lowest BCUT2D eigenvalue weighted by molar-refractivity contribution is -0.121. The van der Waals surface area contributed by atoms with Crippen molar-refractivity contribution in [3.8, 4) is 0 Å². The second-order valence-electron chi connectivity index (χ2n) is 6.99. The predicted molar refractivity (Wildman–Crippen MR) is 111 cm³/mol. The molecule has 1 aliphatic rings. The van der Waals surface area contributed by atoms with Crippen molar-refractivity contribution >= 4 is 39.1 Å². The Kier molecular flexibility index (Phi) is 6.56. The van der Waals surface area contributed by atoms with Gasteiger partial charge in [-0.25, -0.2) is 8.42 Å². The van der Waals surface area contributed by atoms with Gasteiger partial charge in [0.25, 0.3) is 0 Å². The molecule has 0 radical (unpaired) electrons. The largest absolute Gasteiger partial charge is 0.369 e. The lowest BCUT2D eigenvalue weighted by Gasteiger charge is -2.31. The number of sulfonamides is 1. The molecule has 1 fully saturated rings. The molecule has 1 aliphatic heterocycles. The number of primary amides is 1. The monoisotopic (exact) mass is 435 g/mol. The van der Waals surface area contributed by atoms with Gasteiger partial charge >= 0.3 is 0 Å².